The maximum Gasteiger partial charge on any atom is 0.0653 e. The predicted molar refractivity (Wildman–Crippen MR) is 101 cm³/mol. The lowest BCUT2D eigenvalue weighted by molar-refractivity contribution is 0.192. The molecule has 2 heterocycles. The molecule has 1 aliphatic carbocycles. The van der Waals surface area contributed by atoms with Crippen molar-refractivity contribution in [3.8, 4) is 0 Å². The molecule has 0 bridgehead atoms. The van der Waals surface area contributed by atoms with Crippen LogP contribution >= 0.6 is 0 Å². The number of allylic oxidation sites excluding steroid dienone is 3. The molecule has 1 atom stereocenters. The Labute approximate surface area is 143 Å². The van der Waals surface area contributed by atoms with Gasteiger partial charge in [0.05, 0.1) is 25.0 Å². The lowest BCUT2D eigenvalue weighted by Crippen LogP contribution is -2.40. The SMILES string of the molecule is C=C(C)N1Cc2c(C3=CCCC3)cnn2CC1C.CC.CCC. The number of rotatable bonds is 2. The van der Waals surface area contributed by atoms with Crippen LogP contribution in [0, 0.1) is 0 Å². The van der Waals surface area contributed by atoms with Gasteiger partial charge in [0.1, 0.15) is 0 Å². The van der Waals surface area contributed by atoms with Crippen molar-refractivity contribution in [2.75, 3.05) is 0 Å². The summed E-state index contributed by atoms with van der Waals surface area (Å²) in [4.78, 5) is 2.38. The second-order valence-electron chi connectivity index (χ2n) is 6.23. The number of nitrogens with zero attached hydrogens (tertiary/aromatic N) is 3. The number of fused-ring (bicyclic) bond motifs is 1. The molecule has 1 aromatic rings. The van der Waals surface area contributed by atoms with Crippen LogP contribution in [-0.2, 0) is 13.1 Å². The van der Waals surface area contributed by atoms with Crippen LogP contribution in [0.3, 0.4) is 0 Å². The van der Waals surface area contributed by atoms with Crippen LogP contribution in [0.2, 0.25) is 0 Å². The zero-order valence-electron chi connectivity index (χ0n) is 16.0. The van der Waals surface area contributed by atoms with Crippen LogP contribution in [-0.4, -0.2) is 20.7 Å². The first-order valence-electron chi connectivity index (χ1n) is 9.24. The average molecular weight is 318 g/mol. The van der Waals surface area contributed by atoms with Crippen molar-refractivity contribution in [2.45, 2.75) is 86.4 Å². The fourth-order valence-corrected chi connectivity index (χ4v) is 3.10. The molecule has 3 heteroatoms. The van der Waals surface area contributed by atoms with Gasteiger partial charge in [-0.3, -0.25) is 4.68 Å². The van der Waals surface area contributed by atoms with Crippen LogP contribution in [0.5, 0.6) is 0 Å². The molecule has 0 amide bonds. The van der Waals surface area contributed by atoms with E-state index in [1.165, 1.54) is 42.5 Å². The smallest absolute Gasteiger partial charge is 0.0653 e. The van der Waals surface area contributed by atoms with Gasteiger partial charge in [-0.2, -0.15) is 5.10 Å². The Morgan fingerprint density at radius 2 is 2.00 bits per heavy atom. The van der Waals surface area contributed by atoms with Crippen molar-refractivity contribution < 1.29 is 0 Å². The van der Waals surface area contributed by atoms with E-state index in [0.717, 1.165) is 18.8 Å². The number of aromatic nitrogens is 2. The van der Waals surface area contributed by atoms with Gasteiger partial charge in [-0.1, -0.05) is 46.8 Å². The molecule has 130 valence electrons. The molecule has 3 rings (SSSR count). The van der Waals surface area contributed by atoms with E-state index in [9.17, 15) is 0 Å². The van der Waals surface area contributed by atoms with E-state index >= 15 is 0 Å². The van der Waals surface area contributed by atoms with Crippen LogP contribution in [0.1, 0.15) is 78.5 Å². The van der Waals surface area contributed by atoms with E-state index in [1.807, 2.05) is 13.8 Å². The molecule has 0 fully saturated rings. The summed E-state index contributed by atoms with van der Waals surface area (Å²) in [5.41, 5.74) is 5.38. The highest BCUT2D eigenvalue weighted by Crippen LogP contribution is 2.32. The first kappa shape index (κ1) is 19.5. The molecule has 1 aromatic heterocycles. The summed E-state index contributed by atoms with van der Waals surface area (Å²) < 4.78 is 2.18. The van der Waals surface area contributed by atoms with E-state index in [1.54, 1.807) is 0 Å². The number of hydrogen-bond donors (Lipinski definition) is 0. The molecule has 2 aliphatic rings. The minimum Gasteiger partial charge on any atom is -0.365 e. The number of hydrogen-bond acceptors (Lipinski definition) is 2. The standard InChI is InChI=1S/C15H21N3.C3H8.C2H6/c1-11(2)17-10-15-14(13-6-4-5-7-13)8-16-18(15)9-12(17)3;1-3-2;1-2/h6,8,12H,1,4-5,7,9-10H2,2-3H3;3H2,1-2H3;1-2H3. The largest absolute Gasteiger partial charge is 0.365 e. The Bertz CT molecular complexity index is 525. The Kier molecular flexibility index (Phi) is 8.15. The molecule has 1 unspecified atom stereocenters. The van der Waals surface area contributed by atoms with Crippen molar-refractivity contribution in [2.24, 2.45) is 0 Å². The topological polar surface area (TPSA) is 21.1 Å². The highest BCUT2D eigenvalue weighted by atomic mass is 15.3. The third-order valence-corrected chi connectivity index (χ3v) is 4.12. The monoisotopic (exact) mass is 317 g/mol. The fraction of sp³-hybridized carbons (Fsp3) is 0.650. The maximum atomic E-state index is 4.56. The zero-order valence-corrected chi connectivity index (χ0v) is 16.0. The second-order valence-corrected chi connectivity index (χ2v) is 6.23. The van der Waals surface area contributed by atoms with Gasteiger partial charge < -0.3 is 4.90 Å². The third-order valence-electron chi connectivity index (χ3n) is 4.12. The minimum atomic E-state index is 0.486. The first-order valence-corrected chi connectivity index (χ1v) is 9.24. The Morgan fingerprint density at radius 1 is 1.35 bits per heavy atom. The predicted octanol–water partition coefficient (Wildman–Crippen LogP) is 5.63. The Balaban J connectivity index is 0.000000477. The molecule has 0 saturated heterocycles. The van der Waals surface area contributed by atoms with Crippen LogP contribution in [0.15, 0.2) is 24.5 Å². The van der Waals surface area contributed by atoms with Crippen molar-refractivity contribution in [3.05, 3.63) is 35.8 Å². The van der Waals surface area contributed by atoms with Gasteiger partial charge >= 0.3 is 0 Å². The lowest BCUT2D eigenvalue weighted by atomic mass is 10.0. The van der Waals surface area contributed by atoms with E-state index in [0.29, 0.717) is 6.04 Å². The Morgan fingerprint density at radius 3 is 2.52 bits per heavy atom. The van der Waals surface area contributed by atoms with Crippen LogP contribution in [0.4, 0.5) is 0 Å². The summed E-state index contributed by atoms with van der Waals surface area (Å²) in [6.45, 7) is 18.6. The molecule has 3 nitrogen and oxygen atoms in total. The maximum absolute atomic E-state index is 4.56. The van der Waals surface area contributed by atoms with Crippen molar-refractivity contribution >= 4 is 5.57 Å². The Hall–Kier alpha value is -1.51. The third kappa shape index (κ3) is 4.73. The minimum absolute atomic E-state index is 0.486. The van der Waals surface area contributed by atoms with Gasteiger partial charge in [0.25, 0.3) is 0 Å². The van der Waals surface area contributed by atoms with Gasteiger partial charge in [-0.25, -0.2) is 0 Å². The summed E-state index contributed by atoms with van der Waals surface area (Å²) in [5, 5.41) is 4.56. The summed E-state index contributed by atoms with van der Waals surface area (Å²) in [5.74, 6) is 0. The highest BCUT2D eigenvalue weighted by molar-refractivity contribution is 5.68. The summed E-state index contributed by atoms with van der Waals surface area (Å²) in [6, 6.07) is 0.486. The zero-order chi connectivity index (χ0) is 17.4. The summed E-state index contributed by atoms with van der Waals surface area (Å²) in [6.07, 6.45) is 9.41. The fourth-order valence-electron chi connectivity index (χ4n) is 3.10. The molecule has 0 N–H and O–H groups in total. The lowest BCUT2D eigenvalue weighted by Gasteiger charge is -2.36. The average Bonchev–Trinajstić information content (AvgIpc) is 3.17. The van der Waals surface area contributed by atoms with Gasteiger partial charge in [0.15, 0.2) is 0 Å². The summed E-state index contributed by atoms with van der Waals surface area (Å²) >= 11 is 0. The first-order chi connectivity index (χ1) is 11.1. The van der Waals surface area contributed by atoms with E-state index in [2.05, 4.69) is 61.2 Å². The van der Waals surface area contributed by atoms with Crippen molar-refractivity contribution in [3.63, 3.8) is 0 Å². The van der Waals surface area contributed by atoms with Crippen molar-refractivity contribution in [1.82, 2.24) is 14.7 Å². The molecule has 23 heavy (non-hydrogen) atoms. The van der Waals surface area contributed by atoms with E-state index in [4.69, 9.17) is 0 Å². The molecule has 0 spiro atoms. The molecular weight excluding hydrogens is 282 g/mol. The van der Waals surface area contributed by atoms with Crippen molar-refractivity contribution in [1.29, 1.82) is 0 Å². The second kappa shape index (κ2) is 9.59. The van der Waals surface area contributed by atoms with Gasteiger partial charge in [0.2, 0.25) is 0 Å². The molecule has 0 radical (unpaired) electrons. The molecule has 0 saturated carbocycles. The quantitative estimate of drug-likeness (QED) is 0.704. The molecule has 1 aliphatic heterocycles. The normalized spacial score (nSPS) is 19.0. The van der Waals surface area contributed by atoms with Gasteiger partial charge in [0, 0.05) is 17.3 Å². The molecule has 0 aromatic carbocycles. The van der Waals surface area contributed by atoms with Crippen LogP contribution in [0.25, 0.3) is 5.57 Å². The molecular formula is C20H35N3. The van der Waals surface area contributed by atoms with Gasteiger partial charge in [-0.05, 0) is 38.7 Å². The van der Waals surface area contributed by atoms with Crippen LogP contribution < -0.4 is 0 Å². The van der Waals surface area contributed by atoms with E-state index in [-0.39, 0.29) is 0 Å². The van der Waals surface area contributed by atoms with E-state index < -0.39 is 0 Å². The summed E-state index contributed by atoms with van der Waals surface area (Å²) in [7, 11) is 0. The highest BCUT2D eigenvalue weighted by Gasteiger charge is 2.26. The van der Waals surface area contributed by atoms with Gasteiger partial charge in [-0.15, -0.1) is 0 Å².